The molecule has 0 aliphatic rings. The smallest absolute Gasteiger partial charge is 0.330 e. The molecular weight excluding hydrogens is 230 g/mol. The average molecular weight is 249 g/mol. The monoisotopic (exact) mass is 249 g/mol. The van der Waals surface area contributed by atoms with Crippen molar-refractivity contribution >= 4 is 5.82 Å². The standard InChI is InChI=1S/C13H19N3O2/c1-6-9(4)10(5)14-11-7-12(17)16(8(2)3)13(18)15-11/h6-8,10,14H,1,4H2,2-3,5H3,(H,15,18). The third-order valence-corrected chi connectivity index (χ3v) is 2.67. The zero-order valence-electron chi connectivity index (χ0n) is 11.0. The Bertz CT molecular complexity index is 535. The summed E-state index contributed by atoms with van der Waals surface area (Å²) in [6, 6.07) is 1.09. The Labute approximate surface area is 106 Å². The second-order valence-corrected chi connectivity index (χ2v) is 4.44. The molecule has 0 spiro atoms. The number of H-pyrrole nitrogens is 1. The number of aromatic amines is 1. The molecule has 0 aliphatic heterocycles. The molecule has 1 aromatic rings. The maximum Gasteiger partial charge on any atom is 0.330 e. The third kappa shape index (κ3) is 3.00. The molecule has 5 heteroatoms. The highest BCUT2D eigenvalue weighted by Crippen LogP contribution is 2.06. The first-order valence-corrected chi connectivity index (χ1v) is 5.80. The minimum absolute atomic E-state index is 0.104. The Morgan fingerprint density at radius 1 is 1.44 bits per heavy atom. The average Bonchev–Trinajstić information content (AvgIpc) is 2.26. The van der Waals surface area contributed by atoms with Gasteiger partial charge in [-0.3, -0.25) is 14.3 Å². The Kier molecular flexibility index (Phi) is 4.31. The van der Waals surface area contributed by atoms with E-state index in [1.165, 1.54) is 6.07 Å². The number of rotatable bonds is 5. The van der Waals surface area contributed by atoms with Crippen LogP contribution in [0.1, 0.15) is 26.8 Å². The van der Waals surface area contributed by atoms with Crippen molar-refractivity contribution in [3.05, 3.63) is 51.7 Å². The van der Waals surface area contributed by atoms with E-state index in [4.69, 9.17) is 0 Å². The molecule has 1 rings (SSSR count). The van der Waals surface area contributed by atoms with E-state index in [1.807, 2.05) is 6.92 Å². The van der Waals surface area contributed by atoms with Gasteiger partial charge in [-0.1, -0.05) is 19.2 Å². The molecule has 0 aromatic carbocycles. The van der Waals surface area contributed by atoms with Crippen molar-refractivity contribution in [3.8, 4) is 0 Å². The molecule has 0 fully saturated rings. The van der Waals surface area contributed by atoms with Gasteiger partial charge >= 0.3 is 5.69 Å². The van der Waals surface area contributed by atoms with Crippen LogP contribution in [-0.2, 0) is 0 Å². The number of anilines is 1. The van der Waals surface area contributed by atoms with E-state index >= 15 is 0 Å². The van der Waals surface area contributed by atoms with Gasteiger partial charge in [-0.2, -0.15) is 0 Å². The number of nitrogens with one attached hydrogen (secondary N) is 2. The van der Waals surface area contributed by atoms with Crippen molar-refractivity contribution in [2.24, 2.45) is 0 Å². The highest BCUT2D eigenvalue weighted by molar-refractivity contribution is 5.38. The van der Waals surface area contributed by atoms with Crippen LogP contribution in [0.3, 0.4) is 0 Å². The van der Waals surface area contributed by atoms with Gasteiger partial charge in [-0.15, -0.1) is 0 Å². The highest BCUT2D eigenvalue weighted by Gasteiger charge is 2.09. The predicted octanol–water partition coefficient (Wildman–Crippen LogP) is 1.66. The zero-order valence-corrected chi connectivity index (χ0v) is 11.0. The quantitative estimate of drug-likeness (QED) is 0.780. The first-order valence-electron chi connectivity index (χ1n) is 5.80. The number of nitrogens with zero attached hydrogens (tertiary/aromatic N) is 1. The van der Waals surface area contributed by atoms with Gasteiger partial charge in [-0.25, -0.2) is 4.79 Å². The van der Waals surface area contributed by atoms with E-state index in [0.29, 0.717) is 5.82 Å². The van der Waals surface area contributed by atoms with Crippen LogP contribution in [0.2, 0.25) is 0 Å². The summed E-state index contributed by atoms with van der Waals surface area (Å²) in [6.07, 6.45) is 1.63. The van der Waals surface area contributed by atoms with Crippen molar-refractivity contribution in [1.29, 1.82) is 0 Å². The van der Waals surface area contributed by atoms with Crippen molar-refractivity contribution in [2.45, 2.75) is 32.9 Å². The van der Waals surface area contributed by atoms with Crippen molar-refractivity contribution in [2.75, 3.05) is 5.32 Å². The van der Waals surface area contributed by atoms with Crippen LogP contribution in [0.5, 0.6) is 0 Å². The van der Waals surface area contributed by atoms with Gasteiger partial charge in [0, 0.05) is 18.2 Å². The lowest BCUT2D eigenvalue weighted by molar-refractivity contribution is 0.546. The normalized spacial score (nSPS) is 12.2. The van der Waals surface area contributed by atoms with Gasteiger partial charge in [0.05, 0.1) is 0 Å². The molecule has 2 N–H and O–H groups in total. The molecule has 1 unspecified atom stereocenters. The first-order chi connectivity index (χ1) is 8.36. The molecule has 1 heterocycles. The second-order valence-electron chi connectivity index (χ2n) is 4.44. The van der Waals surface area contributed by atoms with E-state index in [-0.39, 0.29) is 17.6 Å². The maximum atomic E-state index is 11.8. The number of hydrogen-bond acceptors (Lipinski definition) is 3. The maximum absolute atomic E-state index is 11.8. The summed E-state index contributed by atoms with van der Waals surface area (Å²) in [5.41, 5.74) is 0.0352. The van der Waals surface area contributed by atoms with Gasteiger partial charge in [0.2, 0.25) is 0 Å². The molecule has 0 radical (unpaired) electrons. The minimum Gasteiger partial charge on any atom is -0.365 e. The highest BCUT2D eigenvalue weighted by atomic mass is 16.2. The second kappa shape index (κ2) is 5.53. The Balaban J connectivity index is 3.08. The van der Waals surface area contributed by atoms with Crippen LogP contribution >= 0.6 is 0 Å². The van der Waals surface area contributed by atoms with Crippen molar-refractivity contribution in [3.63, 3.8) is 0 Å². The van der Waals surface area contributed by atoms with Gasteiger partial charge in [-0.05, 0) is 26.3 Å². The molecule has 98 valence electrons. The van der Waals surface area contributed by atoms with Crippen LogP contribution in [0.15, 0.2) is 40.5 Å². The van der Waals surface area contributed by atoms with Crippen LogP contribution < -0.4 is 16.6 Å². The molecule has 18 heavy (non-hydrogen) atoms. The summed E-state index contributed by atoms with van der Waals surface area (Å²) in [5, 5.41) is 3.00. The molecule has 1 aromatic heterocycles. The first kappa shape index (κ1) is 14.0. The van der Waals surface area contributed by atoms with Gasteiger partial charge < -0.3 is 5.32 Å². The summed E-state index contributed by atoms with van der Waals surface area (Å²) < 4.78 is 1.16. The van der Waals surface area contributed by atoms with Gasteiger partial charge in [0.15, 0.2) is 0 Å². The van der Waals surface area contributed by atoms with Crippen LogP contribution in [0.4, 0.5) is 5.82 Å². The van der Waals surface area contributed by atoms with Crippen LogP contribution in [0.25, 0.3) is 0 Å². The third-order valence-electron chi connectivity index (χ3n) is 2.67. The van der Waals surface area contributed by atoms with E-state index < -0.39 is 5.69 Å². The molecule has 0 aliphatic carbocycles. The SMILES string of the molecule is C=CC(=C)C(C)Nc1cc(=O)n(C(C)C)c(=O)[nH]1. The lowest BCUT2D eigenvalue weighted by Crippen LogP contribution is -2.37. The lowest BCUT2D eigenvalue weighted by atomic mass is 10.1. The van der Waals surface area contributed by atoms with E-state index in [1.54, 1.807) is 19.9 Å². The fourth-order valence-electron chi connectivity index (χ4n) is 1.57. The molecule has 0 saturated carbocycles. The van der Waals surface area contributed by atoms with Crippen molar-refractivity contribution in [1.82, 2.24) is 9.55 Å². The summed E-state index contributed by atoms with van der Waals surface area (Å²) >= 11 is 0. The molecule has 0 saturated heterocycles. The van der Waals surface area contributed by atoms with E-state index in [9.17, 15) is 9.59 Å². The van der Waals surface area contributed by atoms with Crippen LogP contribution in [0, 0.1) is 0 Å². The van der Waals surface area contributed by atoms with Gasteiger partial charge in [0.1, 0.15) is 5.82 Å². The number of aromatic nitrogens is 2. The summed E-state index contributed by atoms with van der Waals surface area (Å²) in [6.45, 7) is 12.9. The van der Waals surface area contributed by atoms with E-state index in [0.717, 1.165) is 10.1 Å². The summed E-state index contributed by atoms with van der Waals surface area (Å²) in [5.74, 6) is 0.386. The molecular formula is C13H19N3O2. The van der Waals surface area contributed by atoms with Crippen LogP contribution in [-0.4, -0.2) is 15.6 Å². The summed E-state index contributed by atoms with van der Waals surface area (Å²) in [4.78, 5) is 26.2. The fourth-order valence-corrected chi connectivity index (χ4v) is 1.57. The lowest BCUT2D eigenvalue weighted by Gasteiger charge is -2.16. The molecule has 0 amide bonds. The molecule has 5 nitrogen and oxygen atoms in total. The minimum atomic E-state index is -0.420. The topological polar surface area (TPSA) is 66.9 Å². The van der Waals surface area contributed by atoms with Gasteiger partial charge in [0.25, 0.3) is 5.56 Å². The fraction of sp³-hybridized carbons (Fsp3) is 0.385. The Morgan fingerprint density at radius 3 is 2.50 bits per heavy atom. The molecule has 1 atom stereocenters. The largest absolute Gasteiger partial charge is 0.365 e. The Hall–Kier alpha value is -2.04. The predicted molar refractivity (Wildman–Crippen MR) is 74.1 cm³/mol. The molecule has 0 bridgehead atoms. The van der Waals surface area contributed by atoms with Crippen molar-refractivity contribution < 1.29 is 0 Å². The zero-order chi connectivity index (χ0) is 13.9. The Morgan fingerprint density at radius 2 is 2.06 bits per heavy atom. The summed E-state index contributed by atoms with van der Waals surface area (Å²) in [7, 11) is 0. The van der Waals surface area contributed by atoms with E-state index in [2.05, 4.69) is 23.5 Å². The number of hydrogen-bond donors (Lipinski definition) is 2.